The molecule has 0 spiro atoms. The maximum Gasteiger partial charge on any atom is 1.00 e. The molecule has 0 unspecified atom stereocenters. The quantitative estimate of drug-likeness (QED) is 0.257. The van der Waals surface area contributed by atoms with Crippen LogP contribution in [0.2, 0.25) is 0 Å². The number of hydrogen-bond donors (Lipinski definition) is 0. The van der Waals surface area contributed by atoms with Crippen molar-refractivity contribution in [3.63, 3.8) is 0 Å². The Labute approximate surface area is 230 Å². The van der Waals surface area contributed by atoms with E-state index >= 15 is 0 Å². The number of rotatable bonds is 4. The van der Waals surface area contributed by atoms with Crippen LogP contribution >= 0.6 is 76.7 Å². The number of phosphoric ester groups is 1. The minimum Gasteiger partial charge on any atom is -0.736 e. The van der Waals surface area contributed by atoms with Gasteiger partial charge in [0, 0.05) is 22.3 Å². The van der Waals surface area contributed by atoms with E-state index in [2.05, 4.69) is 0 Å². The van der Waals surface area contributed by atoms with Gasteiger partial charge in [0.25, 0.3) is 0 Å². The summed E-state index contributed by atoms with van der Waals surface area (Å²) < 4.78 is 28.4. The van der Waals surface area contributed by atoms with Crippen molar-refractivity contribution >= 4 is 100 Å². The standard InChI is InChI=1S/C20H11O4PS6.Na/c21-25(22,23-15-9-11-1-5-26-17(11)30-19-13(15)3-7-28-19)24-16-10-12-2-6-27-18(12)31-20-14(16)4-8-29-20;/h1-10H,(H,21,22);/q;+1/p-1. The molecule has 0 N–H and O–H groups in total. The van der Waals surface area contributed by atoms with Crippen LogP contribution in [0.3, 0.4) is 0 Å². The first-order valence-electron chi connectivity index (χ1n) is 8.86. The van der Waals surface area contributed by atoms with E-state index in [9.17, 15) is 9.46 Å². The first kappa shape index (κ1) is 23.5. The van der Waals surface area contributed by atoms with E-state index in [1.54, 1.807) is 81.0 Å². The van der Waals surface area contributed by atoms with Crippen molar-refractivity contribution in [3.8, 4) is 0 Å². The zero-order valence-electron chi connectivity index (χ0n) is 16.3. The SMILES string of the molecule is O=P([O-])(OC1=Cc2ccsc2Sc2sccc21)OC1=Cc2ccsc2Sc2sccc21.[Na+]. The van der Waals surface area contributed by atoms with Crippen LogP contribution in [0.15, 0.2) is 62.6 Å². The molecule has 12 heteroatoms. The molecule has 4 nitrogen and oxygen atoms in total. The second-order valence-corrected chi connectivity index (χ2v) is 14.4. The maximum atomic E-state index is 13.1. The minimum atomic E-state index is -4.71. The van der Waals surface area contributed by atoms with Gasteiger partial charge in [-0.2, -0.15) is 0 Å². The number of hydrogen-bond acceptors (Lipinski definition) is 10. The summed E-state index contributed by atoms with van der Waals surface area (Å²) in [6, 6.07) is 7.69. The van der Waals surface area contributed by atoms with Gasteiger partial charge in [0.1, 0.15) is 11.5 Å². The molecule has 6 rings (SSSR count). The van der Waals surface area contributed by atoms with Crippen molar-refractivity contribution in [2.75, 3.05) is 0 Å². The van der Waals surface area contributed by atoms with E-state index in [4.69, 9.17) is 9.05 Å². The summed E-state index contributed by atoms with van der Waals surface area (Å²) in [4.78, 5) is 13.1. The van der Waals surface area contributed by atoms with E-state index in [0.717, 1.165) is 39.1 Å². The third kappa shape index (κ3) is 4.53. The van der Waals surface area contributed by atoms with Crippen LogP contribution in [0.1, 0.15) is 22.3 Å². The van der Waals surface area contributed by atoms with Gasteiger partial charge in [-0.05, 0) is 57.9 Å². The molecule has 0 atom stereocenters. The molecule has 0 bridgehead atoms. The molecule has 4 aromatic heterocycles. The monoisotopic (exact) mass is 560 g/mol. The molecule has 0 radical (unpaired) electrons. The van der Waals surface area contributed by atoms with E-state index in [1.165, 1.54) is 0 Å². The molecular formula is C20H10NaO4PS6. The van der Waals surface area contributed by atoms with Crippen molar-refractivity contribution in [2.24, 2.45) is 0 Å². The van der Waals surface area contributed by atoms with Crippen LogP contribution in [0.4, 0.5) is 0 Å². The Balaban J connectivity index is 0.00000216. The Kier molecular flexibility index (Phi) is 6.93. The molecule has 0 aromatic carbocycles. The molecule has 6 heterocycles. The first-order chi connectivity index (χ1) is 15.1. The average Bonchev–Trinajstić information content (AvgIpc) is 3.50. The Bertz CT molecular complexity index is 1310. The summed E-state index contributed by atoms with van der Waals surface area (Å²) in [6.45, 7) is 0. The van der Waals surface area contributed by atoms with Crippen LogP contribution in [0.5, 0.6) is 0 Å². The van der Waals surface area contributed by atoms with E-state index in [1.807, 2.05) is 45.8 Å². The average molecular weight is 561 g/mol. The Hall–Kier alpha value is -0.230. The zero-order valence-corrected chi connectivity index (χ0v) is 24.1. The summed E-state index contributed by atoms with van der Waals surface area (Å²) in [7, 11) is -4.71. The molecule has 0 saturated carbocycles. The third-order valence-corrected chi connectivity index (χ3v) is 12.0. The minimum absolute atomic E-state index is 0. The van der Waals surface area contributed by atoms with Crippen molar-refractivity contribution < 1.29 is 48.1 Å². The van der Waals surface area contributed by atoms with Crippen LogP contribution in [0.25, 0.3) is 23.7 Å². The molecule has 2 aliphatic heterocycles. The van der Waals surface area contributed by atoms with Gasteiger partial charge in [0.15, 0.2) is 0 Å². The topological polar surface area (TPSA) is 58.6 Å². The van der Waals surface area contributed by atoms with Crippen molar-refractivity contribution in [1.29, 1.82) is 0 Å². The fourth-order valence-corrected chi connectivity index (χ4v) is 10.5. The molecule has 156 valence electrons. The van der Waals surface area contributed by atoms with Gasteiger partial charge < -0.3 is 13.9 Å². The smallest absolute Gasteiger partial charge is 0.736 e. The molecule has 0 aliphatic carbocycles. The molecule has 0 saturated heterocycles. The third-order valence-electron chi connectivity index (χ3n) is 4.47. The second kappa shape index (κ2) is 9.43. The largest absolute Gasteiger partial charge is 1.00 e. The van der Waals surface area contributed by atoms with Crippen molar-refractivity contribution in [1.82, 2.24) is 0 Å². The number of thiophene rings is 4. The summed E-state index contributed by atoms with van der Waals surface area (Å²) in [5, 5.41) is 7.85. The van der Waals surface area contributed by atoms with Crippen LogP contribution in [-0.2, 0) is 13.6 Å². The predicted octanol–water partition coefficient (Wildman–Crippen LogP) is 5.06. The van der Waals surface area contributed by atoms with Gasteiger partial charge in [0.2, 0.25) is 0 Å². The maximum absolute atomic E-state index is 13.1. The molecule has 0 fully saturated rings. The van der Waals surface area contributed by atoms with Gasteiger partial charge in [-0.15, -0.1) is 45.3 Å². The van der Waals surface area contributed by atoms with Gasteiger partial charge >= 0.3 is 37.4 Å². The van der Waals surface area contributed by atoms with Gasteiger partial charge in [-0.3, -0.25) is 0 Å². The second-order valence-electron chi connectivity index (χ2n) is 6.42. The Morgan fingerprint density at radius 1 is 0.656 bits per heavy atom. The molecule has 0 amide bonds. The predicted molar refractivity (Wildman–Crippen MR) is 131 cm³/mol. The summed E-state index contributed by atoms with van der Waals surface area (Å²) in [6.07, 6.45) is 3.55. The summed E-state index contributed by atoms with van der Waals surface area (Å²) >= 11 is 9.64. The summed E-state index contributed by atoms with van der Waals surface area (Å²) in [5.74, 6) is 0.564. The molecule has 4 aromatic rings. The van der Waals surface area contributed by atoms with Gasteiger partial charge in [0.05, 0.1) is 16.8 Å². The normalized spacial score (nSPS) is 14.4. The van der Waals surface area contributed by atoms with Crippen LogP contribution < -0.4 is 34.5 Å². The Morgan fingerprint density at radius 3 is 1.53 bits per heavy atom. The van der Waals surface area contributed by atoms with E-state index in [0.29, 0.717) is 0 Å². The molecule has 32 heavy (non-hydrogen) atoms. The van der Waals surface area contributed by atoms with E-state index in [-0.39, 0.29) is 41.1 Å². The zero-order chi connectivity index (χ0) is 21.0. The number of fused-ring (bicyclic) bond motifs is 4. The first-order valence-corrected chi connectivity index (χ1v) is 15.5. The van der Waals surface area contributed by atoms with Gasteiger partial charge in [-0.1, -0.05) is 23.5 Å². The molecule has 2 aliphatic rings. The fourth-order valence-electron chi connectivity index (χ4n) is 3.12. The number of phosphoric acid groups is 1. The Morgan fingerprint density at radius 2 is 1.06 bits per heavy atom. The van der Waals surface area contributed by atoms with Crippen LogP contribution in [-0.4, -0.2) is 0 Å². The fraction of sp³-hybridized carbons (Fsp3) is 0. The van der Waals surface area contributed by atoms with Gasteiger partial charge in [-0.25, -0.2) is 4.57 Å². The molecular weight excluding hydrogens is 551 g/mol. The van der Waals surface area contributed by atoms with Crippen molar-refractivity contribution in [2.45, 2.75) is 16.8 Å². The van der Waals surface area contributed by atoms with Crippen molar-refractivity contribution in [3.05, 3.63) is 68.0 Å². The van der Waals surface area contributed by atoms with Crippen LogP contribution in [0, 0.1) is 0 Å². The van der Waals surface area contributed by atoms with E-state index < -0.39 is 7.82 Å². The summed E-state index contributed by atoms with van der Waals surface area (Å²) in [5.41, 5.74) is 3.42.